The molecule has 0 aromatic heterocycles. The molecule has 0 fully saturated rings. The van der Waals surface area contributed by atoms with Crippen LogP contribution < -0.4 is 9.92 Å². The lowest BCUT2D eigenvalue weighted by Crippen LogP contribution is -1.99. The summed E-state index contributed by atoms with van der Waals surface area (Å²) in [5.41, 5.74) is 6.80. The third kappa shape index (κ3) is 2.58. The van der Waals surface area contributed by atoms with Crippen LogP contribution in [0.1, 0.15) is 5.56 Å². The molecule has 1 atom stereocenters. The van der Waals surface area contributed by atoms with Crippen LogP contribution >= 0.6 is 11.6 Å². The van der Waals surface area contributed by atoms with Crippen LogP contribution in [0.3, 0.4) is 0 Å². The number of hydrogen-bond donors (Lipinski definition) is 2. The third-order valence-corrected chi connectivity index (χ3v) is 2.10. The fraction of sp³-hybridized carbons (Fsp3) is 0.143. The molecule has 0 heterocycles. The molecule has 0 saturated carbocycles. The molecule has 0 spiro atoms. The van der Waals surface area contributed by atoms with E-state index in [0.717, 1.165) is 5.56 Å². The molecular weight excluding hydrogens is 214 g/mol. The van der Waals surface area contributed by atoms with Crippen molar-refractivity contribution < 1.29 is 12.9 Å². The molecule has 0 radical (unpaired) electrons. The molecule has 0 bridgehead atoms. The molecule has 6 heteroatoms. The van der Waals surface area contributed by atoms with Gasteiger partial charge < -0.3 is 9.92 Å². The van der Waals surface area contributed by atoms with Crippen LogP contribution in [0.2, 0.25) is 5.02 Å². The fourth-order valence-corrected chi connectivity index (χ4v) is 1.36. The van der Waals surface area contributed by atoms with Crippen molar-refractivity contribution in [3.8, 4) is 5.75 Å². The molecule has 72 valence electrons. The van der Waals surface area contributed by atoms with Crippen molar-refractivity contribution in [2.75, 3.05) is 5.73 Å². The van der Waals surface area contributed by atoms with Crippen LogP contribution in [-0.2, 0) is 11.4 Å². The van der Waals surface area contributed by atoms with Gasteiger partial charge in [0.05, 0.1) is 5.02 Å². The molecular formula is C7H8ClNO3S. The minimum absolute atomic E-state index is 0.147. The zero-order chi connectivity index (χ0) is 10.0. The predicted molar refractivity (Wildman–Crippen MR) is 52.0 cm³/mol. The number of nitrogens with two attached hydrogens (primary N) is 1. The van der Waals surface area contributed by atoms with Crippen molar-refractivity contribution in [1.82, 2.24) is 0 Å². The molecule has 0 amide bonds. The maximum Gasteiger partial charge on any atom is 0.357 e. The Bertz CT molecular complexity index is 356. The van der Waals surface area contributed by atoms with E-state index in [1.54, 1.807) is 6.92 Å². The number of rotatable bonds is 2. The molecule has 4 nitrogen and oxygen atoms in total. The lowest BCUT2D eigenvalue weighted by atomic mass is 10.2. The van der Waals surface area contributed by atoms with Crippen molar-refractivity contribution in [3.05, 3.63) is 22.7 Å². The summed E-state index contributed by atoms with van der Waals surface area (Å²) in [4.78, 5) is 0. The van der Waals surface area contributed by atoms with E-state index in [9.17, 15) is 4.21 Å². The Balaban J connectivity index is 3.08. The van der Waals surface area contributed by atoms with Gasteiger partial charge in [-0.3, -0.25) is 4.55 Å². The zero-order valence-corrected chi connectivity index (χ0v) is 8.35. The maximum absolute atomic E-state index is 10.3. The minimum atomic E-state index is -2.37. The minimum Gasteiger partial charge on any atom is -0.398 e. The SMILES string of the molecule is Cc1cc(OS(=O)O)c(Cl)cc1N. The van der Waals surface area contributed by atoms with Crippen molar-refractivity contribution in [2.45, 2.75) is 6.92 Å². The first-order valence-corrected chi connectivity index (χ1v) is 4.76. The van der Waals surface area contributed by atoms with Crippen molar-refractivity contribution in [1.29, 1.82) is 0 Å². The Morgan fingerprint density at radius 3 is 2.77 bits per heavy atom. The molecule has 0 aliphatic carbocycles. The van der Waals surface area contributed by atoms with Crippen LogP contribution in [-0.4, -0.2) is 8.76 Å². The number of hydrogen-bond acceptors (Lipinski definition) is 3. The summed E-state index contributed by atoms with van der Waals surface area (Å²) in [7, 11) is 0. The van der Waals surface area contributed by atoms with E-state index in [-0.39, 0.29) is 10.8 Å². The van der Waals surface area contributed by atoms with Crippen molar-refractivity contribution >= 4 is 28.6 Å². The normalized spacial score (nSPS) is 12.5. The molecule has 0 saturated heterocycles. The summed E-state index contributed by atoms with van der Waals surface area (Å²) in [6, 6.07) is 2.98. The average Bonchev–Trinajstić information content (AvgIpc) is 1.99. The van der Waals surface area contributed by atoms with Crippen LogP contribution in [0.15, 0.2) is 12.1 Å². The summed E-state index contributed by atoms with van der Waals surface area (Å²) >= 11 is 3.33. The van der Waals surface area contributed by atoms with Gasteiger partial charge in [-0.15, -0.1) is 0 Å². The molecule has 0 aliphatic rings. The topological polar surface area (TPSA) is 72.5 Å². The maximum atomic E-state index is 10.3. The van der Waals surface area contributed by atoms with Crippen LogP contribution in [0.25, 0.3) is 0 Å². The van der Waals surface area contributed by atoms with Crippen molar-refractivity contribution in [3.63, 3.8) is 0 Å². The van der Waals surface area contributed by atoms with Crippen LogP contribution in [0.5, 0.6) is 5.75 Å². The predicted octanol–water partition coefficient (Wildman–Crippen LogP) is 1.75. The van der Waals surface area contributed by atoms with E-state index in [1.807, 2.05) is 0 Å². The van der Waals surface area contributed by atoms with Gasteiger partial charge in [-0.05, 0) is 24.6 Å². The Labute approximate surface area is 83.1 Å². The standard InChI is InChI=1S/C7H8ClNO3S/c1-4-2-7(12-13(10)11)5(8)3-6(4)9/h2-3H,9H2,1H3,(H,10,11). The van der Waals surface area contributed by atoms with Gasteiger partial charge >= 0.3 is 11.4 Å². The summed E-state index contributed by atoms with van der Waals surface area (Å²) in [6.45, 7) is 1.75. The molecule has 3 N–H and O–H groups in total. The van der Waals surface area contributed by atoms with Gasteiger partial charge in [0.1, 0.15) is 0 Å². The van der Waals surface area contributed by atoms with Gasteiger partial charge in [0.2, 0.25) is 0 Å². The Morgan fingerprint density at radius 1 is 1.62 bits per heavy atom. The molecule has 1 rings (SSSR count). The number of anilines is 1. The highest BCUT2D eigenvalue weighted by Crippen LogP contribution is 2.29. The fourth-order valence-electron chi connectivity index (χ4n) is 0.811. The van der Waals surface area contributed by atoms with Gasteiger partial charge in [0.15, 0.2) is 5.75 Å². The average molecular weight is 222 g/mol. The van der Waals surface area contributed by atoms with E-state index in [0.29, 0.717) is 5.69 Å². The molecule has 1 aromatic carbocycles. The Kier molecular flexibility index (Phi) is 3.13. The Morgan fingerprint density at radius 2 is 2.23 bits per heavy atom. The molecule has 13 heavy (non-hydrogen) atoms. The molecule has 1 unspecified atom stereocenters. The van der Waals surface area contributed by atoms with Gasteiger partial charge in [-0.2, -0.15) is 4.21 Å². The van der Waals surface area contributed by atoms with E-state index < -0.39 is 11.4 Å². The van der Waals surface area contributed by atoms with E-state index in [1.165, 1.54) is 12.1 Å². The summed E-state index contributed by atoms with van der Waals surface area (Å²) in [6.07, 6.45) is 0. The van der Waals surface area contributed by atoms with Gasteiger partial charge in [0.25, 0.3) is 0 Å². The highest BCUT2D eigenvalue weighted by molar-refractivity contribution is 7.74. The largest absolute Gasteiger partial charge is 0.398 e. The Hall–Kier alpha value is -0.780. The van der Waals surface area contributed by atoms with Gasteiger partial charge in [-0.25, -0.2) is 0 Å². The number of halogens is 1. The smallest absolute Gasteiger partial charge is 0.357 e. The van der Waals surface area contributed by atoms with Crippen LogP contribution in [0.4, 0.5) is 5.69 Å². The number of benzene rings is 1. The van der Waals surface area contributed by atoms with Gasteiger partial charge in [-0.1, -0.05) is 11.6 Å². The number of aryl methyl sites for hydroxylation is 1. The monoisotopic (exact) mass is 221 g/mol. The van der Waals surface area contributed by atoms with Gasteiger partial charge in [0, 0.05) is 5.69 Å². The van der Waals surface area contributed by atoms with E-state index >= 15 is 0 Å². The molecule has 0 aliphatic heterocycles. The second kappa shape index (κ2) is 3.95. The quantitative estimate of drug-likeness (QED) is 0.590. The second-order valence-electron chi connectivity index (χ2n) is 2.44. The first-order valence-electron chi connectivity index (χ1n) is 3.35. The lowest BCUT2D eigenvalue weighted by Gasteiger charge is -2.05. The zero-order valence-electron chi connectivity index (χ0n) is 6.78. The first-order chi connectivity index (χ1) is 6.00. The second-order valence-corrected chi connectivity index (χ2v) is 3.45. The molecule has 1 aromatic rings. The highest BCUT2D eigenvalue weighted by atomic mass is 35.5. The lowest BCUT2D eigenvalue weighted by molar-refractivity contribution is 0.458. The summed E-state index contributed by atoms with van der Waals surface area (Å²) in [5, 5.41) is 0.213. The highest BCUT2D eigenvalue weighted by Gasteiger charge is 2.07. The van der Waals surface area contributed by atoms with E-state index in [4.69, 9.17) is 21.9 Å². The van der Waals surface area contributed by atoms with Crippen LogP contribution in [0, 0.1) is 6.92 Å². The summed E-state index contributed by atoms with van der Waals surface area (Å²) < 4.78 is 23.3. The summed E-state index contributed by atoms with van der Waals surface area (Å²) in [5.74, 6) is 0.147. The number of nitrogen functional groups attached to an aromatic ring is 1. The third-order valence-electron chi connectivity index (χ3n) is 1.48. The first kappa shape index (κ1) is 10.3. The van der Waals surface area contributed by atoms with E-state index in [2.05, 4.69) is 4.18 Å². The van der Waals surface area contributed by atoms with Crippen molar-refractivity contribution in [2.24, 2.45) is 0 Å².